The summed E-state index contributed by atoms with van der Waals surface area (Å²) in [6, 6.07) is 8.89. The highest BCUT2D eigenvalue weighted by Gasteiger charge is 2.58. The van der Waals surface area contributed by atoms with Crippen molar-refractivity contribution in [3.8, 4) is 0 Å². The number of esters is 2. The molecule has 4 aliphatic carbocycles. The van der Waals surface area contributed by atoms with Crippen molar-refractivity contribution >= 4 is 11.9 Å². The van der Waals surface area contributed by atoms with E-state index in [-0.39, 0.29) is 23.9 Å². The minimum atomic E-state index is -3.55. The van der Waals surface area contributed by atoms with Crippen LogP contribution in [0.5, 0.6) is 0 Å². The predicted octanol–water partition coefficient (Wildman–Crippen LogP) is 4.96. The molecule has 30 heavy (non-hydrogen) atoms. The number of benzene rings is 1. The summed E-state index contributed by atoms with van der Waals surface area (Å²) >= 11 is 0. The Morgan fingerprint density at radius 3 is 2.30 bits per heavy atom. The lowest BCUT2D eigenvalue weighted by Crippen LogP contribution is -2.55. The standard InChI is InChI=1S/C24H30F2O4/c1-16-3-5-19(6-4-16)24-12-17-9-18(13-24)11-23(10-17,14-24)15-30-20(27)7-8-29-21(28)22(2,25)26/h3-6,17-18H,7-15H2,1-2H3. The highest BCUT2D eigenvalue weighted by molar-refractivity contribution is 5.77. The van der Waals surface area contributed by atoms with Gasteiger partial charge < -0.3 is 9.47 Å². The van der Waals surface area contributed by atoms with Crippen molar-refractivity contribution in [2.24, 2.45) is 17.3 Å². The summed E-state index contributed by atoms with van der Waals surface area (Å²) in [7, 11) is 0. The van der Waals surface area contributed by atoms with Gasteiger partial charge >= 0.3 is 17.9 Å². The van der Waals surface area contributed by atoms with Gasteiger partial charge in [-0.15, -0.1) is 0 Å². The van der Waals surface area contributed by atoms with Crippen molar-refractivity contribution < 1.29 is 27.8 Å². The first-order chi connectivity index (χ1) is 14.1. The van der Waals surface area contributed by atoms with E-state index in [0.717, 1.165) is 19.3 Å². The first-order valence-electron chi connectivity index (χ1n) is 10.9. The van der Waals surface area contributed by atoms with Gasteiger partial charge in [-0.1, -0.05) is 29.8 Å². The molecule has 0 aliphatic heterocycles. The van der Waals surface area contributed by atoms with Crippen molar-refractivity contribution in [2.45, 2.75) is 70.1 Å². The predicted molar refractivity (Wildman–Crippen MR) is 107 cm³/mol. The summed E-state index contributed by atoms with van der Waals surface area (Å²) in [5, 5.41) is 0. The molecule has 4 bridgehead atoms. The van der Waals surface area contributed by atoms with Gasteiger partial charge in [0.05, 0.1) is 13.0 Å². The van der Waals surface area contributed by atoms with Gasteiger partial charge in [0.15, 0.2) is 0 Å². The third-order valence-corrected chi connectivity index (χ3v) is 7.28. The molecule has 0 amide bonds. The molecule has 1 aromatic carbocycles. The zero-order valence-corrected chi connectivity index (χ0v) is 17.7. The Morgan fingerprint density at radius 2 is 1.70 bits per heavy atom. The summed E-state index contributed by atoms with van der Waals surface area (Å²) < 4.78 is 35.7. The maximum atomic E-state index is 12.8. The number of carbonyl (C=O) groups excluding carboxylic acids is 2. The fourth-order valence-corrected chi connectivity index (χ4v) is 6.53. The van der Waals surface area contributed by atoms with Crippen LogP contribution in [0.2, 0.25) is 0 Å². The monoisotopic (exact) mass is 420 g/mol. The van der Waals surface area contributed by atoms with Crippen LogP contribution in [0.4, 0.5) is 8.78 Å². The maximum absolute atomic E-state index is 12.8. The van der Waals surface area contributed by atoms with Crippen LogP contribution in [0.25, 0.3) is 0 Å². The van der Waals surface area contributed by atoms with Crippen molar-refractivity contribution in [1.82, 2.24) is 0 Å². The third kappa shape index (κ3) is 4.23. The van der Waals surface area contributed by atoms with Crippen LogP contribution in [0.1, 0.15) is 63.0 Å². The Hall–Kier alpha value is -1.98. The highest BCUT2D eigenvalue weighted by Crippen LogP contribution is 2.65. The van der Waals surface area contributed by atoms with E-state index in [1.54, 1.807) is 0 Å². The van der Waals surface area contributed by atoms with Gasteiger partial charge in [-0.25, -0.2) is 4.79 Å². The number of halogens is 2. The lowest BCUT2D eigenvalue weighted by atomic mass is 9.43. The molecule has 4 aliphatic rings. The van der Waals surface area contributed by atoms with Gasteiger partial charge in [0.25, 0.3) is 0 Å². The van der Waals surface area contributed by atoms with E-state index < -0.39 is 17.9 Å². The van der Waals surface area contributed by atoms with Crippen molar-refractivity contribution in [3.05, 3.63) is 35.4 Å². The normalized spacial score (nSPS) is 32.1. The van der Waals surface area contributed by atoms with E-state index in [4.69, 9.17) is 4.74 Å². The molecule has 2 atom stereocenters. The van der Waals surface area contributed by atoms with E-state index in [0.29, 0.717) is 25.4 Å². The van der Waals surface area contributed by atoms with Crippen LogP contribution < -0.4 is 0 Å². The lowest BCUT2D eigenvalue weighted by molar-refractivity contribution is -0.171. The molecule has 5 rings (SSSR count). The number of rotatable bonds is 7. The largest absolute Gasteiger partial charge is 0.465 e. The van der Waals surface area contributed by atoms with E-state index in [2.05, 4.69) is 35.9 Å². The van der Waals surface area contributed by atoms with Crippen LogP contribution in [0.15, 0.2) is 24.3 Å². The van der Waals surface area contributed by atoms with Crippen LogP contribution in [-0.2, 0) is 24.5 Å². The number of carbonyl (C=O) groups is 2. The smallest absolute Gasteiger partial charge is 0.376 e. The first-order valence-corrected chi connectivity index (χ1v) is 10.9. The van der Waals surface area contributed by atoms with Crippen molar-refractivity contribution in [1.29, 1.82) is 0 Å². The van der Waals surface area contributed by atoms with Crippen LogP contribution >= 0.6 is 0 Å². The molecular weight excluding hydrogens is 390 g/mol. The molecule has 1 aromatic rings. The van der Waals surface area contributed by atoms with Gasteiger partial charge in [0, 0.05) is 12.3 Å². The zero-order chi connectivity index (χ0) is 21.6. The Bertz CT molecular complexity index is 797. The Kier molecular flexibility index (Phi) is 5.39. The Balaban J connectivity index is 1.37. The molecule has 0 N–H and O–H groups in total. The van der Waals surface area contributed by atoms with Crippen LogP contribution in [0, 0.1) is 24.2 Å². The first kappa shape index (κ1) is 21.3. The number of aryl methyl sites for hydroxylation is 1. The second-order valence-corrected chi connectivity index (χ2v) is 10.0. The van der Waals surface area contributed by atoms with E-state index in [1.165, 1.54) is 30.4 Å². The second kappa shape index (κ2) is 7.61. The minimum Gasteiger partial charge on any atom is -0.465 e. The lowest BCUT2D eigenvalue weighted by Gasteiger charge is -2.62. The molecule has 0 radical (unpaired) electrons. The molecule has 4 saturated carbocycles. The molecule has 0 heterocycles. The molecule has 4 nitrogen and oxygen atoms in total. The van der Waals surface area contributed by atoms with E-state index >= 15 is 0 Å². The summed E-state index contributed by atoms with van der Waals surface area (Å²) in [6.07, 6.45) is 6.69. The fourth-order valence-electron chi connectivity index (χ4n) is 6.53. The number of hydrogen-bond donors (Lipinski definition) is 0. The number of hydrogen-bond acceptors (Lipinski definition) is 4. The van der Waals surface area contributed by atoms with Gasteiger partial charge in [0.1, 0.15) is 6.61 Å². The average molecular weight is 420 g/mol. The molecule has 0 aromatic heterocycles. The Labute approximate surface area is 176 Å². The summed E-state index contributed by atoms with van der Waals surface area (Å²) in [5.74, 6) is -4.33. The Morgan fingerprint density at radius 1 is 1.07 bits per heavy atom. The molecular formula is C24H30F2O4. The SMILES string of the molecule is Cc1ccc(C23CC4CC(CC(COC(=O)CCOC(=O)C(C)(F)F)(C4)C2)C3)cc1. The summed E-state index contributed by atoms with van der Waals surface area (Å²) in [5.41, 5.74) is 2.84. The number of alkyl halides is 2. The van der Waals surface area contributed by atoms with Crippen molar-refractivity contribution in [2.75, 3.05) is 13.2 Å². The van der Waals surface area contributed by atoms with E-state index in [9.17, 15) is 18.4 Å². The van der Waals surface area contributed by atoms with Crippen LogP contribution in [0.3, 0.4) is 0 Å². The second-order valence-electron chi connectivity index (χ2n) is 10.0. The van der Waals surface area contributed by atoms with Crippen molar-refractivity contribution in [3.63, 3.8) is 0 Å². The van der Waals surface area contributed by atoms with Gasteiger partial charge in [-0.2, -0.15) is 8.78 Å². The highest BCUT2D eigenvalue weighted by atomic mass is 19.3. The van der Waals surface area contributed by atoms with Gasteiger partial charge in [-0.3, -0.25) is 4.79 Å². The van der Waals surface area contributed by atoms with E-state index in [1.807, 2.05) is 0 Å². The topological polar surface area (TPSA) is 52.6 Å². The molecule has 6 heteroatoms. The zero-order valence-electron chi connectivity index (χ0n) is 17.7. The fraction of sp³-hybridized carbons (Fsp3) is 0.667. The third-order valence-electron chi connectivity index (χ3n) is 7.28. The molecule has 0 spiro atoms. The molecule has 164 valence electrons. The molecule has 2 unspecified atom stereocenters. The van der Waals surface area contributed by atoms with Gasteiger partial charge in [-0.05, 0) is 68.3 Å². The minimum absolute atomic E-state index is 0.00223. The maximum Gasteiger partial charge on any atom is 0.376 e. The quantitative estimate of drug-likeness (QED) is 0.585. The average Bonchev–Trinajstić information content (AvgIpc) is 2.65. The molecule has 0 saturated heterocycles. The van der Waals surface area contributed by atoms with Gasteiger partial charge in [0.2, 0.25) is 0 Å². The van der Waals surface area contributed by atoms with Crippen LogP contribution in [-0.4, -0.2) is 31.1 Å². The molecule has 4 fully saturated rings. The summed E-state index contributed by atoms with van der Waals surface area (Å²) in [6.45, 7) is 2.56. The summed E-state index contributed by atoms with van der Waals surface area (Å²) in [4.78, 5) is 23.3. The number of ether oxygens (including phenoxy) is 2.